The number of carbonyl (C=O) groups is 1. The quantitative estimate of drug-likeness (QED) is 0.791. The van der Waals surface area contributed by atoms with E-state index in [1.54, 1.807) is 0 Å². The van der Waals surface area contributed by atoms with E-state index in [1.165, 1.54) is 0 Å². The normalized spacial score (nSPS) is 18.4. The molecular formula is C15H20O2. The number of carbonyl (C=O) groups excluding carboxylic acids is 1. The molecule has 0 radical (unpaired) electrons. The Morgan fingerprint density at radius 3 is 2.65 bits per heavy atom. The second-order valence-corrected chi connectivity index (χ2v) is 5.09. The van der Waals surface area contributed by atoms with E-state index in [0.29, 0.717) is 5.92 Å². The summed E-state index contributed by atoms with van der Waals surface area (Å²) in [6.45, 7) is 8.32. The Morgan fingerprint density at radius 2 is 2.06 bits per heavy atom. The Hall–Kier alpha value is -1.31. The fourth-order valence-electron chi connectivity index (χ4n) is 2.40. The van der Waals surface area contributed by atoms with Crippen LogP contribution in [-0.4, -0.2) is 11.9 Å². The van der Waals surface area contributed by atoms with Gasteiger partial charge in [0.05, 0.1) is 5.56 Å². The number of benzene rings is 1. The molecule has 1 unspecified atom stereocenters. The first kappa shape index (κ1) is 12.2. The van der Waals surface area contributed by atoms with E-state index in [2.05, 4.69) is 32.9 Å². The van der Waals surface area contributed by atoms with Crippen LogP contribution in [-0.2, 0) is 0 Å². The molecule has 2 rings (SSSR count). The molecule has 1 aromatic carbocycles. The summed E-state index contributed by atoms with van der Waals surface area (Å²) in [6.07, 6.45) is 1.53. The maximum Gasteiger partial charge on any atom is 0.207 e. The van der Waals surface area contributed by atoms with Crippen LogP contribution in [0.2, 0.25) is 0 Å². The number of fused-ring (bicyclic) bond motifs is 1. The standard InChI is InChI=1S/C15H20O2/c1-5-6-12-14(16)13-11(9(2)3)8-7-10(4)15(13)17-12/h7-9,12H,5-6H2,1-4H3. The van der Waals surface area contributed by atoms with E-state index >= 15 is 0 Å². The van der Waals surface area contributed by atoms with E-state index in [9.17, 15) is 4.79 Å². The summed E-state index contributed by atoms with van der Waals surface area (Å²) in [4.78, 5) is 12.3. The van der Waals surface area contributed by atoms with Gasteiger partial charge in [-0.1, -0.05) is 39.3 Å². The predicted molar refractivity (Wildman–Crippen MR) is 68.9 cm³/mol. The predicted octanol–water partition coefficient (Wildman–Crippen LogP) is 3.86. The molecule has 92 valence electrons. The van der Waals surface area contributed by atoms with E-state index < -0.39 is 0 Å². The highest BCUT2D eigenvalue weighted by atomic mass is 16.5. The molecule has 2 heteroatoms. The summed E-state index contributed by atoms with van der Waals surface area (Å²) < 4.78 is 5.83. The summed E-state index contributed by atoms with van der Waals surface area (Å²) in [5.74, 6) is 1.35. The lowest BCUT2D eigenvalue weighted by Gasteiger charge is -2.11. The van der Waals surface area contributed by atoms with Crippen molar-refractivity contribution in [3.63, 3.8) is 0 Å². The molecule has 1 aliphatic heterocycles. The van der Waals surface area contributed by atoms with Gasteiger partial charge in [0, 0.05) is 0 Å². The fraction of sp³-hybridized carbons (Fsp3) is 0.533. The van der Waals surface area contributed by atoms with Gasteiger partial charge in [0.15, 0.2) is 6.10 Å². The minimum absolute atomic E-state index is 0.175. The fourth-order valence-corrected chi connectivity index (χ4v) is 2.40. The maximum atomic E-state index is 12.3. The highest BCUT2D eigenvalue weighted by Crippen LogP contribution is 2.38. The number of hydrogen-bond acceptors (Lipinski definition) is 2. The van der Waals surface area contributed by atoms with Crippen LogP contribution in [0.5, 0.6) is 5.75 Å². The first-order chi connectivity index (χ1) is 8.06. The molecule has 0 saturated heterocycles. The SMILES string of the molecule is CCCC1Oc2c(C)ccc(C(C)C)c2C1=O. The highest BCUT2D eigenvalue weighted by molar-refractivity contribution is 6.06. The number of hydrogen-bond donors (Lipinski definition) is 0. The lowest BCUT2D eigenvalue weighted by atomic mass is 9.91. The molecule has 0 bridgehead atoms. The largest absolute Gasteiger partial charge is 0.481 e. The van der Waals surface area contributed by atoms with Crippen LogP contribution in [0.15, 0.2) is 12.1 Å². The Kier molecular flexibility index (Phi) is 3.23. The molecule has 17 heavy (non-hydrogen) atoms. The molecule has 0 aliphatic carbocycles. The Morgan fingerprint density at radius 1 is 1.35 bits per heavy atom. The van der Waals surface area contributed by atoms with Crippen LogP contribution in [0.1, 0.15) is 61.0 Å². The van der Waals surface area contributed by atoms with E-state index in [0.717, 1.165) is 35.3 Å². The first-order valence-corrected chi connectivity index (χ1v) is 6.40. The van der Waals surface area contributed by atoms with E-state index in [-0.39, 0.29) is 11.9 Å². The number of rotatable bonds is 3. The number of ether oxygens (including phenoxy) is 1. The average molecular weight is 232 g/mol. The van der Waals surface area contributed by atoms with Crippen molar-refractivity contribution in [2.45, 2.75) is 52.6 Å². The minimum atomic E-state index is -0.256. The number of aryl methyl sites for hydroxylation is 1. The van der Waals surface area contributed by atoms with Crippen LogP contribution in [0, 0.1) is 6.92 Å². The zero-order chi connectivity index (χ0) is 12.6. The number of Topliss-reactive ketones (excluding diaryl/α,β-unsaturated/α-hetero) is 1. The molecule has 2 nitrogen and oxygen atoms in total. The van der Waals surface area contributed by atoms with Gasteiger partial charge in [-0.25, -0.2) is 0 Å². The van der Waals surface area contributed by atoms with Crippen LogP contribution < -0.4 is 4.74 Å². The van der Waals surface area contributed by atoms with Gasteiger partial charge in [-0.2, -0.15) is 0 Å². The second kappa shape index (κ2) is 4.52. The van der Waals surface area contributed by atoms with Gasteiger partial charge in [-0.05, 0) is 30.4 Å². The van der Waals surface area contributed by atoms with Gasteiger partial charge in [0.1, 0.15) is 5.75 Å². The van der Waals surface area contributed by atoms with Crippen molar-refractivity contribution in [3.8, 4) is 5.75 Å². The summed E-state index contributed by atoms with van der Waals surface area (Å²) in [6, 6.07) is 4.12. The molecule has 0 amide bonds. The summed E-state index contributed by atoms with van der Waals surface area (Å²) in [5, 5.41) is 0. The molecule has 0 fully saturated rings. The van der Waals surface area contributed by atoms with Gasteiger partial charge in [-0.15, -0.1) is 0 Å². The first-order valence-electron chi connectivity index (χ1n) is 6.40. The minimum Gasteiger partial charge on any atom is -0.481 e. The van der Waals surface area contributed by atoms with Crippen LogP contribution in [0.3, 0.4) is 0 Å². The van der Waals surface area contributed by atoms with Crippen LogP contribution >= 0.6 is 0 Å². The molecule has 1 heterocycles. The average Bonchev–Trinajstić information content (AvgIpc) is 2.59. The zero-order valence-electron chi connectivity index (χ0n) is 11.0. The van der Waals surface area contributed by atoms with Crippen molar-refractivity contribution >= 4 is 5.78 Å². The van der Waals surface area contributed by atoms with Crippen molar-refractivity contribution < 1.29 is 9.53 Å². The van der Waals surface area contributed by atoms with Gasteiger partial charge in [0.2, 0.25) is 5.78 Å². The van der Waals surface area contributed by atoms with Crippen LogP contribution in [0.4, 0.5) is 0 Å². The third-order valence-corrected chi connectivity index (χ3v) is 3.36. The molecule has 1 aliphatic rings. The van der Waals surface area contributed by atoms with Crippen molar-refractivity contribution in [2.75, 3.05) is 0 Å². The van der Waals surface area contributed by atoms with Gasteiger partial charge >= 0.3 is 0 Å². The topological polar surface area (TPSA) is 26.3 Å². The van der Waals surface area contributed by atoms with Crippen molar-refractivity contribution in [2.24, 2.45) is 0 Å². The smallest absolute Gasteiger partial charge is 0.207 e. The van der Waals surface area contributed by atoms with Crippen molar-refractivity contribution in [1.29, 1.82) is 0 Å². The molecule has 1 aromatic rings. The van der Waals surface area contributed by atoms with Gasteiger partial charge in [-0.3, -0.25) is 4.79 Å². The second-order valence-electron chi connectivity index (χ2n) is 5.09. The molecule has 0 N–H and O–H groups in total. The highest BCUT2D eigenvalue weighted by Gasteiger charge is 2.35. The van der Waals surface area contributed by atoms with E-state index in [1.807, 2.05) is 6.92 Å². The summed E-state index contributed by atoms with van der Waals surface area (Å²) in [5.41, 5.74) is 3.02. The molecule has 1 atom stereocenters. The Balaban J connectivity index is 2.49. The monoisotopic (exact) mass is 232 g/mol. The molecule has 0 aromatic heterocycles. The number of ketones is 1. The van der Waals surface area contributed by atoms with Crippen molar-refractivity contribution in [3.05, 3.63) is 28.8 Å². The zero-order valence-corrected chi connectivity index (χ0v) is 11.0. The lowest BCUT2D eigenvalue weighted by Crippen LogP contribution is -2.20. The maximum absolute atomic E-state index is 12.3. The van der Waals surface area contributed by atoms with Crippen LogP contribution in [0.25, 0.3) is 0 Å². The third-order valence-electron chi connectivity index (χ3n) is 3.36. The van der Waals surface area contributed by atoms with E-state index in [4.69, 9.17) is 4.74 Å². The third kappa shape index (κ3) is 1.97. The summed E-state index contributed by atoms with van der Waals surface area (Å²) >= 11 is 0. The lowest BCUT2D eigenvalue weighted by molar-refractivity contribution is 0.0844. The molecule has 0 spiro atoms. The Labute approximate surface area is 103 Å². The summed E-state index contributed by atoms with van der Waals surface area (Å²) in [7, 11) is 0. The van der Waals surface area contributed by atoms with Gasteiger partial charge < -0.3 is 4.74 Å². The molecule has 0 saturated carbocycles. The van der Waals surface area contributed by atoms with Crippen molar-refractivity contribution in [1.82, 2.24) is 0 Å². The Bertz CT molecular complexity index is 446. The van der Waals surface area contributed by atoms with Gasteiger partial charge in [0.25, 0.3) is 0 Å². The molecular weight excluding hydrogens is 212 g/mol.